The van der Waals surface area contributed by atoms with Gasteiger partial charge in [-0.3, -0.25) is 9.78 Å². The molecule has 1 rings (SSSR count). The van der Waals surface area contributed by atoms with Crippen molar-refractivity contribution in [2.75, 3.05) is 12.3 Å². The zero-order chi connectivity index (χ0) is 12.9. The fraction of sp³-hybridized carbons (Fsp3) is 0.500. The lowest BCUT2D eigenvalue weighted by atomic mass is 9.88. The maximum absolute atomic E-state index is 12.7. The molecule has 1 heterocycles. The molecule has 1 aromatic rings. The van der Waals surface area contributed by atoms with Gasteiger partial charge in [-0.1, -0.05) is 13.8 Å². The summed E-state index contributed by atoms with van der Waals surface area (Å²) in [5.74, 6) is 0.139. The highest BCUT2D eigenvalue weighted by Crippen LogP contribution is 2.19. The van der Waals surface area contributed by atoms with E-state index in [1.165, 1.54) is 12.3 Å². The molecule has 0 fully saturated rings. The van der Waals surface area contributed by atoms with Gasteiger partial charge in [-0.25, -0.2) is 4.39 Å². The minimum Gasteiger partial charge on any atom is -0.355 e. The molecule has 1 aromatic heterocycles. The fourth-order valence-electron chi connectivity index (χ4n) is 1.38. The van der Waals surface area contributed by atoms with Gasteiger partial charge in [0.1, 0.15) is 5.82 Å². The molecule has 3 nitrogen and oxygen atoms in total. The molecule has 0 saturated heterocycles. The van der Waals surface area contributed by atoms with E-state index < -0.39 is 0 Å². The average molecular weight is 256 g/mol. The summed E-state index contributed by atoms with van der Waals surface area (Å²) in [6, 6.07) is 3.01. The number of thiol groups is 1. The van der Waals surface area contributed by atoms with Gasteiger partial charge in [-0.15, -0.1) is 0 Å². The molecule has 17 heavy (non-hydrogen) atoms. The third kappa shape index (κ3) is 4.34. The van der Waals surface area contributed by atoms with Crippen molar-refractivity contribution in [1.82, 2.24) is 10.3 Å². The lowest BCUT2D eigenvalue weighted by molar-refractivity contribution is -0.120. The number of hydrogen-bond donors (Lipinski definition) is 2. The Balaban J connectivity index is 2.61. The van der Waals surface area contributed by atoms with Gasteiger partial charge in [0.15, 0.2) is 0 Å². The van der Waals surface area contributed by atoms with E-state index in [9.17, 15) is 9.18 Å². The van der Waals surface area contributed by atoms with E-state index in [1.807, 2.05) is 13.8 Å². The van der Waals surface area contributed by atoms with Crippen molar-refractivity contribution in [2.24, 2.45) is 0 Å². The first kappa shape index (κ1) is 14.0. The maximum Gasteiger partial charge on any atom is 0.220 e. The lowest BCUT2D eigenvalue weighted by Gasteiger charge is -2.24. The van der Waals surface area contributed by atoms with Gasteiger partial charge in [0.2, 0.25) is 5.91 Å². The summed E-state index contributed by atoms with van der Waals surface area (Å²) < 4.78 is 12.7. The quantitative estimate of drug-likeness (QED) is 0.791. The molecule has 0 saturated carbocycles. The molecule has 1 amide bonds. The van der Waals surface area contributed by atoms with E-state index in [0.717, 1.165) is 5.69 Å². The highest BCUT2D eigenvalue weighted by molar-refractivity contribution is 7.80. The van der Waals surface area contributed by atoms with E-state index in [1.54, 1.807) is 6.07 Å². The predicted molar refractivity (Wildman–Crippen MR) is 68.7 cm³/mol. The van der Waals surface area contributed by atoms with Crippen molar-refractivity contribution in [3.63, 3.8) is 0 Å². The molecule has 0 atom stereocenters. The standard InChI is InChI=1S/C12H17FN2OS/c1-12(2,8-15-11(16)5-6-17)10-4-3-9(13)7-14-10/h3-4,7,17H,5-6,8H2,1-2H3,(H,15,16). The molecule has 1 N–H and O–H groups in total. The molecule has 5 heteroatoms. The third-order valence-corrected chi connectivity index (χ3v) is 2.71. The van der Waals surface area contributed by atoms with Crippen LogP contribution in [0.3, 0.4) is 0 Å². The first-order chi connectivity index (χ1) is 7.95. The predicted octanol–water partition coefficient (Wildman–Crippen LogP) is 1.93. The number of carbonyl (C=O) groups is 1. The Morgan fingerprint density at radius 1 is 1.53 bits per heavy atom. The molecule has 0 bridgehead atoms. The Bertz CT molecular complexity index is 379. The number of amides is 1. The summed E-state index contributed by atoms with van der Waals surface area (Å²) in [6.07, 6.45) is 1.59. The van der Waals surface area contributed by atoms with Crippen LogP contribution in [0.25, 0.3) is 0 Å². The van der Waals surface area contributed by atoms with E-state index in [-0.39, 0.29) is 17.1 Å². The highest BCUT2D eigenvalue weighted by Gasteiger charge is 2.22. The molecule has 0 spiro atoms. The second-order valence-electron chi connectivity index (χ2n) is 4.50. The molecule has 0 aromatic carbocycles. The molecule has 0 radical (unpaired) electrons. The second-order valence-corrected chi connectivity index (χ2v) is 4.94. The van der Waals surface area contributed by atoms with Crippen molar-refractivity contribution in [3.8, 4) is 0 Å². The zero-order valence-electron chi connectivity index (χ0n) is 10.0. The van der Waals surface area contributed by atoms with Crippen LogP contribution in [0.1, 0.15) is 26.0 Å². The van der Waals surface area contributed by atoms with Gasteiger partial charge in [-0.05, 0) is 17.9 Å². The van der Waals surface area contributed by atoms with Crippen LogP contribution in [0.15, 0.2) is 18.3 Å². The molecule has 0 aliphatic carbocycles. The van der Waals surface area contributed by atoms with Gasteiger partial charge in [0.05, 0.1) is 6.20 Å². The number of nitrogens with one attached hydrogen (secondary N) is 1. The van der Waals surface area contributed by atoms with Crippen LogP contribution in [0.2, 0.25) is 0 Å². The smallest absolute Gasteiger partial charge is 0.220 e. The van der Waals surface area contributed by atoms with Gasteiger partial charge in [0, 0.05) is 24.1 Å². The molecular formula is C12H17FN2OS. The summed E-state index contributed by atoms with van der Waals surface area (Å²) in [7, 11) is 0. The Morgan fingerprint density at radius 3 is 2.76 bits per heavy atom. The van der Waals surface area contributed by atoms with Crippen molar-refractivity contribution >= 4 is 18.5 Å². The lowest BCUT2D eigenvalue weighted by Crippen LogP contribution is -2.37. The third-order valence-electron chi connectivity index (χ3n) is 2.49. The summed E-state index contributed by atoms with van der Waals surface area (Å²) in [6.45, 7) is 4.38. The number of hydrogen-bond acceptors (Lipinski definition) is 3. The van der Waals surface area contributed by atoms with Crippen LogP contribution in [-0.4, -0.2) is 23.2 Å². The minimum atomic E-state index is -0.358. The SMILES string of the molecule is CC(C)(CNC(=O)CCS)c1ccc(F)cn1. The van der Waals surface area contributed by atoms with E-state index in [4.69, 9.17) is 0 Å². The number of halogens is 1. The van der Waals surface area contributed by atoms with Crippen LogP contribution in [0.4, 0.5) is 4.39 Å². The number of rotatable bonds is 5. The molecule has 0 unspecified atom stereocenters. The Hall–Kier alpha value is -1.10. The Labute approximate surface area is 106 Å². The zero-order valence-corrected chi connectivity index (χ0v) is 10.9. The minimum absolute atomic E-state index is 0.0322. The summed E-state index contributed by atoms with van der Waals surface area (Å²) in [5, 5.41) is 2.82. The van der Waals surface area contributed by atoms with Gasteiger partial charge in [0.25, 0.3) is 0 Å². The van der Waals surface area contributed by atoms with Crippen molar-refractivity contribution in [1.29, 1.82) is 0 Å². The molecule has 0 aliphatic rings. The fourth-order valence-corrected chi connectivity index (χ4v) is 1.58. The normalized spacial score (nSPS) is 11.3. The second kappa shape index (κ2) is 6.00. The number of nitrogens with zero attached hydrogens (tertiary/aromatic N) is 1. The maximum atomic E-state index is 12.7. The summed E-state index contributed by atoms with van der Waals surface area (Å²) >= 11 is 3.99. The average Bonchev–Trinajstić information content (AvgIpc) is 2.28. The first-order valence-corrected chi connectivity index (χ1v) is 6.08. The van der Waals surface area contributed by atoms with Crippen LogP contribution in [0, 0.1) is 5.82 Å². The summed E-state index contributed by atoms with van der Waals surface area (Å²) in [5.41, 5.74) is 0.435. The topological polar surface area (TPSA) is 42.0 Å². The molecular weight excluding hydrogens is 239 g/mol. The van der Waals surface area contributed by atoms with Crippen molar-refractivity contribution < 1.29 is 9.18 Å². The summed E-state index contributed by atoms with van der Waals surface area (Å²) in [4.78, 5) is 15.4. The van der Waals surface area contributed by atoms with Crippen LogP contribution >= 0.6 is 12.6 Å². The van der Waals surface area contributed by atoms with Crippen LogP contribution < -0.4 is 5.32 Å². The first-order valence-electron chi connectivity index (χ1n) is 5.45. The van der Waals surface area contributed by atoms with E-state index >= 15 is 0 Å². The van der Waals surface area contributed by atoms with Gasteiger partial charge < -0.3 is 5.32 Å². The Morgan fingerprint density at radius 2 is 2.24 bits per heavy atom. The van der Waals surface area contributed by atoms with E-state index in [2.05, 4.69) is 22.9 Å². The van der Waals surface area contributed by atoms with Gasteiger partial charge in [-0.2, -0.15) is 12.6 Å². The molecule has 94 valence electrons. The molecule has 0 aliphatic heterocycles. The van der Waals surface area contributed by atoms with E-state index in [0.29, 0.717) is 18.7 Å². The van der Waals surface area contributed by atoms with Crippen LogP contribution in [0.5, 0.6) is 0 Å². The van der Waals surface area contributed by atoms with Crippen molar-refractivity contribution in [3.05, 3.63) is 29.8 Å². The number of pyridine rings is 1. The van der Waals surface area contributed by atoms with Gasteiger partial charge >= 0.3 is 0 Å². The highest BCUT2D eigenvalue weighted by atomic mass is 32.1. The van der Waals surface area contributed by atoms with Crippen molar-refractivity contribution in [2.45, 2.75) is 25.7 Å². The largest absolute Gasteiger partial charge is 0.355 e. The van der Waals surface area contributed by atoms with Crippen LogP contribution in [-0.2, 0) is 10.2 Å². The number of aromatic nitrogens is 1. The Kier molecular flexibility index (Phi) is 4.93. The monoisotopic (exact) mass is 256 g/mol. The number of carbonyl (C=O) groups excluding carboxylic acids is 1.